The van der Waals surface area contributed by atoms with Crippen molar-refractivity contribution in [2.75, 3.05) is 12.8 Å². The van der Waals surface area contributed by atoms with Crippen molar-refractivity contribution in [3.63, 3.8) is 0 Å². The number of aromatic nitrogens is 3. The average Bonchev–Trinajstić information content (AvgIpc) is 3.41. The van der Waals surface area contributed by atoms with Crippen LogP contribution in [-0.4, -0.2) is 48.1 Å². The SMILES string of the molecule is C=S1(=O)C[C@@](C)(c2sc3c(-c4ccc(-n5nccn5)cc4)cccc3c2F)N=C(N)N1C. The van der Waals surface area contributed by atoms with Gasteiger partial charge in [-0.05, 0) is 36.1 Å². The quantitative estimate of drug-likeness (QED) is 0.467. The number of benzene rings is 2. The van der Waals surface area contributed by atoms with E-state index in [-0.39, 0.29) is 17.5 Å². The smallest absolute Gasteiger partial charge is 0.203 e. The maximum Gasteiger partial charge on any atom is 0.203 e. The number of nitrogens with two attached hydrogens (primary N) is 1. The number of thiophene rings is 1. The molecule has 0 aliphatic carbocycles. The Hall–Kier alpha value is -3.24. The Kier molecular flexibility index (Phi) is 4.61. The molecule has 0 radical (unpaired) electrons. The number of halogens is 1. The molecule has 1 unspecified atom stereocenters. The minimum atomic E-state index is -2.71. The van der Waals surface area contributed by atoms with Crippen LogP contribution in [-0.2, 0) is 15.2 Å². The van der Waals surface area contributed by atoms with Crippen LogP contribution >= 0.6 is 11.3 Å². The highest BCUT2D eigenvalue weighted by Crippen LogP contribution is 2.44. The monoisotopic (exact) mass is 468 g/mol. The van der Waals surface area contributed by atoms with E-state index in [0.717, 1.165) is 21.5 Å². The number of fused-ring (bicyclic) bond motifs is 1. The molecular formula is C22H21FN6OS2. The summed E-state index contributed by atoms with van der Waals surface area (Å²) in [6, 6.07) is 13.3. The van der Waals surface area contributed by atoms with Crippen LogP contribution in [0.4, 0.5) is 4.39 Å². The second kappa shape index (κ2) is 7.14. The Morgan fingerprint density at radius 2 is 1.88 bits per heavy atom. The number of rotatable bonds is 3. The molecule has 1 aliphatic heterocycles. The zero-order valence-corrected chi connectivity index (χ0v) is 19.2. The van der Waals surface area contributed by atoms with Gasteiger partial charge in [0.1, 0.15) is 11.4 Å². The van der Waals surface area contributed by atoms with Gasteiger partial charge in [0, 0.05) is 17.1 Å². The van der Waals surface area contributed by atoms with Crippen molar-refractivity contribution in [2.24, 2.45) is 10.7 Å². The molecule has 3 heterocycles. The molecule has 7 nitrogen and oxygen atoms in total. The Balaban J connectivity index is 1.64. The van der Waals surface area contributed by atoms with E-state index < -0.39 is 15.2 Å². The lowest BCUT2D eigenvalue weighted by atomic mass is 10.0. The fraction of sp³-hybridized carbons (Fsp3) is 0.182. The summed E-state index contributed by atoms with van der Waals surface area (Å²) in [4.78, 5) is 6.46. The highest BCUT2D eigenvalue weighted by molar-refractivity contribution is 7.98. The van der Waals surface area contributed by atoms with Crippen molar-refractivity contribution >= 4 is 43.0 Å². The molecule has 0 bridgehead atoms. The molecule has 0 saturated heterocycles. The van der Waals surface area contributed by atoms with Crippen LogP contribution < -0.4 is 5.73 Å². The van der Waals surface area contributed by atoms with Crippen molar-refractivity contribution in [1.82, 2.24) is 19.3 Å². The predicted octanol–water partition coefficient (Wildman–Crippen LogP) is 3.39. The fourth-order valence-electron chi connectivity index (χ4n) is 3.96. The first kappa shape index (κ1) is 20.7. The first-order valence-electron chi connectivity index (χ1n) is 9.82. The van der Waals surface area contributed by atoms with Crippen LogP contribution in [0.3, 0.4) is 0 Å². The van der Waals surface area contributed by atoms with Crippen molar-refractivity contribution in [2.45, 2.75) is 12.5 Å². The van der Waals surface area contributed by atoms with Crippen molar-refractivity contribution in [3.05, 3.63) is 65.6 Å². The Morgan fingerprint density at radius 1 is 1.19 bits per heavy atom. The third-order valence-corrected chi connectivity index (χ3v) is 9.33. The lowest BCUT2D eigenvalue weighted by Gasteiger charge is -2.36. The molecule has 32 heavy (non-hydrogen) atoms. The number of hydrogen-bond donors (Lipinski definition) is 1. The summed E-state index contributed by atoms with van der Waals surface area (Å²) in [5.74, 6) is 3.65. The maximum absolute atomic E-state index is 15.6. The standard InChI is InChI=1S/C22H21FN6OS2/c1-22(13-32(3,30)28(2)21(24)27-22)20-18(23)17-6-4-5-16(19(17)31-20)14-7-9-15(10-8-14)29-25-11-12-26-29/h4-12H,3,13H2,1-2H3,(H2,24,27)/t22-,32?/m0/s1. The van der Waals surface area contributed by atoms with E-state index >= 15 is 4.39 Å². The molecule has 164 valence electrons. The van der Waals surface area contributed by atoms with Gasteiger partial charge in [0.2, 0.25) is 5.96 Å². The summed E-state index contributed by atoms with van der Waals surface area (Å²) in [7, 11) is -1.11. The molecule has 4 aromatic rings. The molecule has 2 aromatic carbocycles. The Morgan fingerprint density at radius 3 is 2.53 bits per heavy atom. The van der Waals surface area contributed by atoms with Crippen molar-refractivity contribution in [3.8, 4) is 16.8 Å². The zero-order chi connectivity index (χ0) is 22.7. The van der Waals surface area contributed by atoms with E-state index in [1.165, 1.54) is 20.4 Å². The van der Waals surface area contributed by atoms with Crippen LogP contribution in [0.15, 0.2) is 59.9 Å². The molecule has 2 N–H and O–H groups in total. The van der Waals surface area contributed by atoms with Gasteiger partial charge in [-0.3, -0.25) is 4.31 Å². The summed E-state index contributed by atoms with van der Waals surface area (Å²) in [6.45, 7) is 1.76. The first-order chi connectivity index (χ1) is 15.2. The number of nitrogens with zero attached hydrogens (tertiary/aromatic N) is 5. The van der Waals surface area contributed by atoms with Crippen LogP contribution in [0, 0.1) is 5.82 Å². The topological polar surface area (TPSA) is 89.4 Å². The minimum Gasteiger partial charge on any atom is -0.369 e. The van der Waals surface area contributed by atoms with Gasteiger partial charge < -0.3 is 5.73 Å². The van der Waals surface area contributed by atoms with Gasteiger partial charge in [0.25, 0.3) is 0 Å². The van der Waals surface area contributed by atoms with E-state index in [1.807, 2.05) is 36.4 Å². The maximum atomic E-state index is 15.6. The number of hydrogen-bond acceptors (Lipinski definition) is 6. The van der Waals surface area contributed by atoms with E-state index in [4.69, 9.17) is 5.73 Å². The van der Waals surface area contributed by atoms with Gasteiger partial charge in [-0.15, -0.1) is 11.3 Å². The minimum absolute atomic E-state index is 0.0852. The summed E-state index contributed by atoms with van der Waals surface area (Å²) >= 11 is 1.32. The van der Waals surface area contributed by atoms with Gasteiger partial charge >= 0.3 is 0 Å². The van der Waals surface area contributed by atoms with Crippen LogP contribution in [0.1, 0.15) is 11.8 Å². The predicted molar refractivity (Wildman–Crippen MR) is 129 cm³/mol. The van der Waals surface area contributed by atoms with E-state index in [2.05, 4.69) is 21.1 Å². The summed E-state index contributed by atoms with van der Waals surface area (Å²) in [5, 5.41) is 8.78. The second-order valence-electron chi connectivity index (χ2n) is 7.95. The lowest BCUT2D eigenvalue weighted by Crippen LogP contribution is -2.50. The van der Waals surface area contributed by atoms with Crippen LogP contribution in [0.5, 0.6) is 0 Å². The van der Waals surface area contributed by atoms with E-state index in [9.17, 15) is 4.21 Å². The normalized spacial score (nSPS) is 23.5. The third kappa shape index (κ3) is 3.18. The molecule has 2 aromatic heterocycles. The van der Waals surface area contributed by atoms with E-state index in [0.29, 0.717) is 10.3 Å². The third-order valence-electron chi connectivity index (χ3n) is 5.66. The van der Waals surface area contributed by atoms with Crippen LogP contribution in [0.2, 0.25) is 0 Å². The highest BCUT2D eigenvalue weighted by atomic mass is 32.2. The van der Waals surface area contributed by atoms with Gasteiger partial charge in [0.15, 0.2) is 0 Å². The number of guanidine groups is 1. The highest BCUT2D eigenvalue weighted by Gasteiger charge is 2.40. The molecule has 0 saturated carbocycles. The molecule has 5 rings (SSSR count). The Bertz CT molecular complexity index is 1460. The molecular weight excluding hydrogens is 447 g/mol. The zero-order valence-electron chi connectivity index (χ0n) is 17.5. The Labute approximate surface area is 189 Å². The fourth-order valence-corrected chi connectivity index (χ4v) is 7.02. The van der Waals surface area contributed by atoms with Gasteiger partial charge in [-0.25, -0.2) is 13.6 Å². The number of aliphatic imine (C=N–C) groups is 1. The van der Waals surface area contributed by atoms with E-state index in [1.54, 1.807) is 32.4 Å². The summed E-state index contributed by atoms with van der Waals surface area (Å²) in [5.41, 5.74) is 7.63. The molecule has 10 heteroatoms. The van der Waals surface area contributed by atoms with Gasteiger partial charge in [0.05, 0.1) is 38.4 Å². The first-order valence-corrected chi connectivity index (χ1v) is 12.5. The summed E-state index contributed by atoms with van der Waals surface area (Å²) in [6.07, 6.45) is 3.24. The average molecular weight is 469 g/mol. The van der Waals surface area contributed by atoms with Crippen molar-refractivity contribution in [1.29, 1.82) is 0 Å². The molecule has 1 aliphatic rings. The molecule has 0 spiro atoms. The van der Waals surface area contributed by atoms with Gasteiger partial charge in [-0.2, -0.15) is 15.0 Å². The van der Waals surface area contributed by atoms with Gasteiger partial charge in [-0.1, -0.05) is 30.3 Å². The lowest BCUT2D eigenvalue weighted by molar-refractivity contribution is 0.495. The summed E-state index contributed by atoms with van der Waals surface area (Å²) < 4.78 is 30.8. The molecule has 0 fully saturated rings. The largest absolute Gasteiger partial charge is 0.369 e. The van der Waals surface area contributed by atoms with Crippen LogP contribution in [0.25, 0.3) is 26.9 Å². The van der Waals surface area contributed by atoms with Crippen molar-refractivity contribution < 1.29 is 8.60 Å². The second-order valence-corrected chi connectivity index (χ2v) is 11.4. The molecule has 2 atom stereocenters. The molecule has 0 amide bonds.